The van der Waals surface area contributed by atoms with E-state index in [0.29, 0.717) is 23.3 Å². The van der Waals surface area contributed by atoms with Gasteiger partial charge in [0.05, 0.1) is 30.1 Å². The lowest BCUT2D eigenvalue weighted by Crippen LogP contribution is -2.27. The Kier molecular flexibility index (Phi) is 4.80. The summed E-state index contributed by atoms with van der Waals surface area (Å²) in [6.07, 6.45) is 6.61. The molecule has 6 nitrogen and oxygen atoms in total. The fourth-order valence-corrected chi connectivity index (χ4v) is 4.30. The predicted octanol–water partition coefficient (Wildman–Crippen LogP) is 3.73. The zero-order chi connectivity index (χ0) is 20.5. The summed E-state index contributed by atoms with van der Waals surface area (Å²) >= 11 is 0. The Morgan fingerprint density at radius 3 is 2.33 bits per heavy atom. The highest BCUT2D eigenvalue weighted by molar-refractivity contribution is 5.60. The van der Waals surface area contributed by atoms with Crippen LogP contribution in [0.25, 0.3) is 11.3 Å². The summed E-state index contributed by atoms with van der Waals surface area (Å²) in [4.78, 5) is 15.8. The van der Waals surface area contributed by atoms with Gasteiger partial charge < -0.3 is 9.64 Å². The molecular formula is C24H23N5O. The molecule has 150 valence electrons. The Labute approximate surface area is 176 Å². The number of nitrogens with zero attached hydrogens (tertiary/aromatic N) is 5. The first kappa shape index (κ1) is 18.6. The maximum atomic E-state index is 8.90. The Hall–Kier alpha value is -3.46. The number of aromatic nitrogens is 3. The van der Waals surface area contributed by atoms with Crippen LogP contribution in [0.1, 0.15) is 18.1 Å². The topological polar surface area (TPSA) is 74.9 Å². The van der Waals surface area contributed by atoms with Crippen LogP contribution in [0.2, 0.25) is 0 Å². The van der Waals surface area contributed by atoms with Crippen LogP contribution in [0.15, 0.2) is 55.0 Å². The van der Waals surface area contributed by atoms with Crippen LogP contribution in [0, 0.1) is 29.1 Å². The Balaban J connectivity index is 1.12. The van der Waals surface area contributed by atoms with E-state index in [-0.39, 0.29) is 0 Å². The number of piperidine rings is 1. The fraction of sp³-hybridized carbons (Fsp3) is 0.333. The molecule has 1 aliphatic carbocycles. The van der Waals surface area contributed by atoms with Gasteiger partial charge in [0.25, 0.3) is 0 Å². The zero-order valence-corrected chi connectivity index (χ0v) is 16.9. The van der Waals surface area contributed by atoms with Gasteiger partial charge >= 0.3 is 0 Å². The van der Waals surface area contributed by atoms with E-state index in [9.17, 15) is 0 Å². The number of pyridine rings is 1. The maximum absolute atomic E-state index is 8.90. The van der Waals surface area contributed by atoms with Crippen molar-refractivity contribution in [2.24, 2.45) is 17.8 Å². The summed E-state index contributed by atoms with van der Waals surface area (Å²) in [5.74, 6) is 3.60. The van der Waals surface area contributed by atoms with Gasteiger partial charge in [0.2, 0.25) is 5.95 Å². The second-order valence-electron chi connectivity index (χ2n) is 8.02. The highest BCUT2D eigenvalue weighted by Gasteiger charge is 2.56. The number of anilines is 1. The lowest BCUT2D eigenvalue weighted by Gasteiger charge is -2.19. The van der Waals surface area contributed by atoms with Crippen molar-refractivity contribution in [2.45, 2.75) is 13.3 Å². The summed E-state index contributed by atoms with van der Waals surface area (Å²) < 4.78 is 6.01. The van der Waals surface area contributed by atoms with Crippen LogP contribution in [0.5, 0.6) is 5.75 Å². The minimum atomic E-state index is 0.606. The second kappa shape index (κ2) is 7.75. The molecule has 30 heavy (non-hydrogen) atoms. The molecule has 2 fully saturated rings. The van der Waals surface area contributed by atoms with Crippen LogP contribution in [-0.4, -0.2) is 34.6 Å². The number of fused-ring (bicyclic) bond motifs is 1. The lowest BCUT2D eigenvalue weighted by molar-refractivity contribution is 0.282. The highest BCUT2D eigenvalue weighted by Crippen LogP contribution is 2.52. The highest BCUT2D eigenvalue weighted by atomic mass is 16.5. The molecule has 1 aliphatic heterocycles. The monoisotopic (exact) mass is 397 g/mol. The molecule has 2 aromatic heterocycles. The molecule has 0 spiro atoms. The molecule has 0 bridgehead atoms. The van der Waals surface area contributed by atoms with Gasteiger partial charge in [0.1, 0.15) is 5.75 Å². The van der Waals surface area contributed by atoms with Crippen LogP contribution in [0.4, 0.5) is 5.95 Å². The van der Waals surface area contributed by atoms with E-state index in [1.165, 1.54) is 5.56 Å². The molecule has 2 unspecified atom stereocenters. The summed E-state index contributed by atoms with van der Waals surface area (Å²) in [7, 11) is 0. The third-order valence-corrected chi connectivity index (χ3v) is 6.24. The van der Waals surface area contributed by atoms with Crippen molar-refractivity contribution in [2.75, 3.05) is 24.6 Å². The lowest BCUT2D eigenvalue weighted by atomic mass is 10.1. The summed E-state index contributed by atoms with van der Waals surface area (Å²) in [5.41, 5.74) is 3.69. The number of benzene rings is 1. The van der Waals surface area contributed by atoms with E-state index in [0.717, 1.165) is 49.1 Å². The van der Waals surface area contributed by atoms with Crippen LogP contribution >= 0.6 is 0 Å². The van der Waals surface area contributed by atoms with Crippen LogP contribution < -0.4 is 9.64 Å². The van der Waals surface area contributed by atoms with E-state index in [2.05, 4.69) is 32.8 Å². The molecule has 3 aromatic rings. The predicted molar refractivity (Wildman–Crippen MR) is 114 cm³/mol. The van der Waals surface area contributed by atoms with Gasteiger partial charge in [-0.15, -0.1) is 0 Å². The Bertz CT molecular complexity index is 1040. The molecular weight excluding hydrogens is 374 g/mol. The second-order valence-corrected chi connectivity index (χ2v) is 8.02. The minimum Gasteiger partial charge on any atom is -0.492 e. The smallest absolute Gasteiger partial charge is 0.225 e. The average molecular weight is 397 g/mol. The molecule has 0 N–H and O–H groups in total. The molecule has 1 saturated carbocycles. The van der Waals surface area contributed by atoms with Crippen LogP contribution in [0.3, 0.4) is 0 Å². The van der Waals surface area contributed by atoms with Gasteiger partial charge in [-0.3, -0.25) is 4.98 Å². The van der Waals surface area contributed by atoms with Crippen molar-refractivity contribution < 1.29 is 4.74 Å². The summed E-state index contributed by atoms with van der Waals surface area (Å²) in [5, 5.41) is 8.90. The third kappa shape index (κ3) is 3.59. The number of rotatable bonds is 6. The van der Waals surface area contributed by atoms with Gasteiger partial charge in [0.15, 0.2) is 0 Å². The van der Waals surface area contributed by atoms with Crippen molar-refractivity contribution in [1.82, 2.24) is 15.0 Å². The zero-order valence-electron chi connectivity index (χ0n) is 16.9. The SMILES string of the molecule is CCc1cnc(N2CC3C(COc4ccc(-c5ccc(C#N)cc5)nc4)C3C2)nc1. The molecule has 0 radical (unpaired) electrons. The molecule has 2 aliphatic rings. The first-order valence-electron chi connectivity index (χ1n) is 10.4. The van der Waals surface area contributed by atoms with Gasteiger partial charge in [-0.2, -0.15) is 5.26 Å². The van der Waals surface area contributed by atoms with E-state index in [1.54, 1.807) is 18.3 Å². The van der Waals surface area contributed by atoms with Crippen molar-refractivity contribution in [3.05, 3.63) is 66.1 Å². The van der Waals surface area contributed by atoms with E-state index < -0.39 is 0 Å². The number of hydrogen-bond acceptors (Lipinski definition) is 6. The Morgan fingerprint density at radius 2 is 1.73 bits per heavy atom. The van der Waals surface area contributed by atoms with Gasteiger partial charge in [-0.05, 0) is 48.1 Å². The van der Waals surface area contributed by atoms with Gasteiger partial charge in [-0.1, -0.05) is 19.1 Å². The molecule has 6 heteroatoms. The van der Waals surface area contributed by atoms with E-state index in [1.807, 2.05) is 36.7 Å². The Morgan fingerprint density at radius 1 is 1.00 bits per heavy atom. The van der Waals surface area contributed by atoms with Gasteiger partial charge in [0, 0.05) is 37.0 Å². The van der Waals surface area contributed by atoms with Crippen LogP contribution in [-0.2, 0) is 6.42 Å². The van der Waals surface area contributed by atoms with Gasteiger partial charge in [-0.25, -0.2) is 9.97 Å². The third-order valence-electron chi connectivity index (χ3n) is 6.24. The fourth-order valence-electron chi connectivity index (χ4n) is 4.30. The molecule has 1 saturated heterocycles. The van der Waals surface area contributed by atoms with Crippen molar-refractivity contribution >= 4 is 5.95 Å². The number of aryl methyl sites for hydroxylation is 1. The first-order valence-corrected chi connectivity index (χ1v) is 10.4. The quantitative estimate of drug-likeness (QED) is 0.631. The average Bonchev–Trinajstić information content (AvgIpc) is 3.26. The maximum Gasteiger partial charge on any atom is 0.225 e. The van der Waals surface area contributed by atoms with Crippen molar-refractivity contribution in [3.8, 4) is 23.1 Å². The molecule has 3 heterocycles. The standard InChI is InChI=1S/C24H23N5O/c1-2-16-10-27-24(28-11-16)29-13-20-21(14-29)22(20)15-30-19-7-8-23(26-12-19)18-5-3-17(9-25)4-6-18/h3-8,10-12,20-22H,2,13-15H2,1H3. The van der Waals surface area contributed by atoms with Crippen molar-refractivity contribution in [3.63, 3.8) is 0 Å². The number of nitriles is 1. The molecule has 1 aromatic carbocycles. The molecule has 0 amide bonds. The normalized spacial score (nSPS) is 21.7. The van der Waals surface area contributed by atoms with E-state index >= 15 is 0 Å². The molecule has 5 rings (SSSR count). The summed E-state index contributed by atoms with van der Waals surface area (Å²) in [6.45, 7) is 4.88. The number of ether oxygens (including phenoxy) is 1. The molecule has 2 atom stereocenters. The van der Waals surface area contributed by atoms with E-state index in [4.69, 9.17) is 10.00 Å². The summed E-state index contributed by atoms with van der Waals surface area (Å²) in [6, 6.07) is 13.5. The minimum absolute atomic E-state index is 0.606. The van der Waals surface area contributed by atoms with Crippen molar-refractivity contribution in [1.29, 1.82) is 5.26 Å². The largest absolute Gasteiger partial charge is 0.492 e. The first-order chi connectivity index (χ1) is 14.7. The number of hydrogen-bond donors (Lipinski definition) is 0.